The van der Waals surface area contributed by atoms with Crippen LogP contribution in [0.5, 0.6) is 0 Å². The molecule has 2 aliphatic rings. The molecule has 37 heavy (non-hydrogen) atoms. The van der Waals surface area contributed by atoms with Crippen molar-refractivity contribution in [2.45, 2.75) is 37.5 Å². The van der Waals surface area contributed by atoms with Gasteiger partial charge in [0.15, 0.2) is 0 Å². The molecule has 0 fully saturated rings. The van der Waals surface area contributed by atoms with Crippen molar-refractivity contribution in [2.24, 2.45) is 11.8 Å². The summed E-state index contributed by atoms with van der Waals surface area (Å²) < 4.78 is 48.0. The van der Waals surface area contributed by atoms with Gasteiger partial charge in [-0.2, -0.15) is 0 Å². The Balaban J connectivity index is 0.00000190. The normalized spacial score (nSPS) is 17.6. The molecule has 0 bridgehead atoms. The quantitative estimate of drug-likeness (QED) is 0.420. The zero-order valence-corrected chi connectivity index (χ0v) is 25.3. The number of rotatable bonds is 4. The zero-order valence-electron chi connectivity index (χ0n) is 21.3. The van der Waals surface area contributed by atoms with E-state index in [1.807, 2.05) is 0 Å². The Morgan fingerprint density at radius 1 is 0.811 bits per heavy atom. The van der Waals surface area contributed by atoms with E-state index in [4.69, 9.17) is 4.21 Å². The second-order valence-corrected chi connectivity index (χ2v) is 19.2. The van der Waals surface area contributed by atoms with Crippen LogP contribution >= 0.6 is 0 Å². The Morgan fingerprint density at radius 3 is 1.73 bits per heavy atom. The van der Waals surface area contributed by atoms with Gasteiger partial charge in [-0.1, -0.05) is 0 Å². The number of benzene rings is 3. The molecule has 3 aromatic carbocycles. The van der Waals surface area contributed by atoms with Gasteiger partial charge in [0.05, 0.1) is 0 Å². The number of allylic oxidation sites excluding steroid dienone is 4. The van der Waals surface area contributed by atoms with E-state index in [0.29, 0.717) is 5.92 Å². The summed E-state index contributed by atoms with van der Waals surface area (Å²) in [5.41, 5.74) is 7.04. The maximum atomic E-state index is 13.5. The Kier molecular flexibility index (Phi) is 8.70. The summed E-state index contributed by atoms with van der Waals surface area (Å²) >= 11 is -3.91. The first-order valence-corrected chi connectivity index (χ1v) is 17.8. The van der Waals surface area contributed by atoms with E-state index >= 15 is 0 Å². The summed E-state index contributed by atoms with van der Waals surface area (Å²) in [4.78, 5) is 0. The van der Waals surface area contributed by atoms with Crippen LogP contribution in [0.15, 0.2) is 93.3 Å². The third kappa shape index (κ3) is 4.79. The fourth-order valence-electron chi connectivity index (χ4n) is 6.46. The van der Waals surface area contributed by atoms with Crippen LogP contribution in [0.4, 0.5) is 13.2 Å². The molecule has 0 spiro atoms. The van der Waals surface area contributed by atoms with E-state index in [2.05, 4.69) is 82.3 Å². The number of alkyl halides is 3. The SMILES string of the molecule is [CH2]=[Zr+2]([C]1=C(C)C(C(C)C)=CC1C)([c]1ccc(C(F)(F)F)cc1)[CH]1c2ccccc2-c2ccccc21.[Cl-].[Cl-]. The van der Waals surface area contributed by atoms with Gasteiger partial charge in [0.2, 0.25) is 0 Å². The van der Waals surface area contributed by atoms with Gasteiger partial charge in [-0.15, -0.1) is 0 Å². The minimum absolute atomic E-state index is 0. The Labute approximate surface area is 234 Å². The third-order valence-corrected chi connectivity index (χ3v) is 19.6. The van der Waals surface area contributed by atoms with Crippen LogP contribution in [0.3, 0.4) is 0 Å². The standard InChI is InChI=1S/C13H9.C10H15.C7H4F3.CH2.2ClH.Zr/c1-3-7-12-10(5-1)9-11-6-2-4-8-13(11)12;1-7(2)10-6-8(3)5-9(10)4;8-7(9,10)6-4-2-1-3-5-6;;;;/h1-9H;6-8H,1-4H3;2-5H;1H2;2*1H;/q;;;;;;+2/p-2. The first-order chi connectivity index (χ1) is 16.5. The molecule has 0 amide bonds. The van der Waals surface area contributed by atoms with Crippen molar-refractivity contribution in [1.29, 1.82) is 0 Å². The maximum absolute atomic E-state index is 13.5. The van der Waals surface area contributed by atoms with E-state index in [1.54, 1.807) is 12.1 Å². The van der Waals surface area contributed by atoms with Crippen LogP contribution in [0.1, 0.15) is 48.0 Å². The fourth-order valence-corrected chi connectivity index (χ4v) is 18.7. The van der Waals surface area contributed by atoms with Crippen LogP contribution in [-0.2, 0) is 26.0 Å². The van der Waals surface area contributed by atoms with Gasteiger partial charge in [0.1, 0.15) is 0 Å². The van der Waals surface area contributed by atoms with Crippen molar-refractivity contribution in [3.63, 3.8) is 0 Å². The summed E-state index contributed by atoms with van der Waals surface area (Å²) in [6.45, 7) is 8.87. The molecule has 3 aromatic rings. The molecule has 0 saturated heterocycles. The minimum Gasteiger partial charge on any atom is -1.00 e. The van der Waals surface area contributed by atoms with Gasteiger partial charge in [0.25, 0.3) is 0 Å². The molecule has 5 rings (SSSR count). The molecule has 0 N–H and O–H groups in total. The third-order valence-electron chi connectivity index (χ3n) is 7.88. The number of fused-ring (bicyclic) bond motifs is 3. The Hall–Kier alpha value is -1.74. The molecule has 0 nitrogen and oxygen atoms in total. The number of hydrogen-bond acceptors (Lipinski definition) is 0. The molecule has 2 unspecified atom stereocenters. The van der Waals surface area contributed by atoms with Crippen molar-refractivity contribution in [3.05, 3.63) is 110 Å². The van der Waals surface area contributed by atoms with Gasteiger partial charge in [0, 0.05) is 0 Å². The molecule has 0 saturated carbocycles. The van der Waals surface area contributed by atoms with Crippen LogP contribution in [0.25, 0.3) is 11.1 Å². The monoisotopic (exact) mass is 619 g/mol. The summed E-state index contributed by atoms with van der Waals surface area (Å²) in [6.07, 6.45) is -1.99. The molecular weight excluding hydrogens is 591 g/mol. The first-order valence-electron chi connectivity index (χ1n) is 12.2. The van der Waals surface area contributed by atoms with Crippen LogP contribution in [-0.4, -0.2) is 4.21 Å². The molecule has 0 aromatic heterocycles. The predicted molar refractivity (Wildman–Crippen MR) is 137 cm³/mol. The Bertz CT molecular complexity index is 1370. The Morgan fingerprint density at radius 2 is 1.30 bits per heavy atom. The fraction of sp³-hybridized carbons (Fsp3) is 0.258. The average Bonchev–Trinajstić information content (AvgIpc) is 3.33. The molecular formula is C31H30Cl2F3Zr. The van der Waals surface area contributed by atoms with E-state index in [-0.39, 0.29) is 34.4 Å². The molecule has 6 heteroatoms. The maximum Gasteiger partial charge on any atom is -1.00 e. The summed E-state index contributed by atoms with van der Waals surface area (Å²) in [5.74, 6) is 0.615. The second-order valence-electron chi connectivity index (χ2n) is 10.3. The van der Waals surface area contributed by atoms with Crippen molar-refractivity contribution in [1.82, 2.24) is 0 Å². The van der Waals surface area contributed by atoms with E-state index in [1.165, 1.54) is 48.8 Å². The van der Waals surface area contributed by atoms with Gasteiger partial charge in [-0.05, 0) is 0 Å². The molecule has 0 aliphatic heterocycles. The smallest absolute Gasteiger partial charge is 1.00 e. The van der Waals surface area contributed by atoms with Crippen molar-refractivity contribution in [3.8, 4) is 11.1 Å². The van der Waals surface area contributed by atoms with Crippen molar-refractivity contribution >= 4 is 7.48 Å². The first kappa shape index (κ1) is 29.8. The van der Waals surface area contributed by atoms with Gasteiger partial charge >= 0.3 is 211 Å². The molecule has 0 heterocycles. The number of hydrogen-bond donors (Lipinski definition) is 0. The average molecular weight is 622 g/mol. The van der Waals surface area contributed by atoms with Crippen LogP contribution < -0.4 is 28.1 Å². The largest absolute Gasteiger partial charge is 1.00 e. The van der Waals surface area contributed by atoms with Gasteiger partial charge in [-0.25, -0.2) is 0 Å². The van der Waals surface area contributed by atoms with E-state index in [0.717, 1.165) is 3.27 Å². The van der Waals surface area contributed by atoms with E-state index < -0.39 is 31.5 Å². The van der Waals surface area contributed by atoms with E-state index in [9.17, 15) is 13.2 Å². The molecule has 2 atom stereocenters. The molecule has 0 radical (unpaired) electrons. The zero-order chi connectivity index (χ0) is 25.1. The van der Waals surface area contributed by atoms with Crippen molar-refractivity contribution < 1.29 is 57.8 Å². The summed E-state index contributed by atoms with van der Waals surface area (Å²) in [6, 6.07) is 23.0. The van der Waals surface area contributed by atoms with Crippen molar-refractivity contribution in [2.75, 3.05) is 0 Å². The second kappa shape index (κ2) is 10.8. The van der Waals surface area contributed by atoms with Crippen LogP contribution in [0.2, 0.25) is 0 Å². The molecule has 193 valence electrons. The minimum atomic E-state index is -4.35. The topological polar surface area (TPSA) is 0 Å². The predicted octanol–water partition coefficient (Wildman–Crippen LogP) is 2.20. The summed E-state index contributed by atoms with van der Waals surface area (Å²) in [7, 11) is 0. The number of halogens is 5. The summed E-state index contributed by atoms with van der Waals surface area (Å²) in [5, 5.41) is 0. The molecule has 2 aliphatic carbocycles. The van der Waals surface area contributed by atoms with Crippen LogP contribution in [0, 0.1) is 11.8 Å². The van der Waals surface area contributed by atoms with Gasteiger partial charge in [-0.3, -0.25) is 0 Å². The van der Waals surface area contributed by atoms with Gasteiger partial charge < -0.3 is 24.8 Å².